The number of nitrogens with one attached hydrogen (secondary N) is 1. The molecule has 8 nitrogen and oxygen atoms in total. The molecular formula is C20H22N6O2S. The Morgan fingerprint density at radius 2 is 2.14 bits per heavy atom. The van der Waals surface area contributed by atoms with Gasteiger partial charge in [-0.2, -0.15) is 22.7 Å². The molecule has 1 aliphatic carbocycles. The van der Waals surface area contributed by atoms with E-state index in [0.717, 1.165) is 27.7 Å². The Morgan fingerprint density at radius 1 is 1.34 bits per heavy atom. The molecule has 29 heavy (non-hydrogen) atoms. The summed E-state index contributed by atoms with van der Waals surface area (Å²) in [4.78, 5) is 4.17. The zero-order chi connectivity index (χ0) is 20.8. The standard InChI is InChI=1S/C20H22N6O2S/c1-25(2)29(27,28)24-15-9-17-16-8-13(11-21)5-6-18(16)26(19(17)10-15)12-14-4-3-7-23-20(14)22/h3-8,15,24H,9-10,12H2,1-2H3,(H2,22,23)/t15-/m1/s1. The van der Waals surface area contributed by atoms with Crippen LogP contribution < -0.4 is 10.5 Å². The molecule has 150 valence electrons. The second-order valence-corrected chi connectivity index (χ2v) is 9.33. The number of anilines is 1. The topological polar surface area (TPSA) is 117 Å². The minimum atomic E-state index is -3.53. The first-order valence-corrected chi connectivity index (χ1v) is 10.7. The Bertz CT molecular complexity index is 1240. The molecule has 0 spiro atoms. The van der Waals surface area contributed by atoms with E-state index >= 15 is 0 Å². The highest BCUT2D eigenvalue weighted by atomic mass is 32.2. The molecule has 3 aromatic rings. The number of aromatic nitrogens is 2. The molecule has 2 heterocycles. The second kappa shape index (κ2) is 7.15. The fourth-order valence-electron chi connectivity index (χ4n) is 3.89. The molecular weight excluding hydrogens is 388 g/mol. The van der Waals surface area contributed by atoms with Gasteiger partial charge in [0.25, 0.3) is 10.2 Å². The molecule has 0 unspecified atom stereocenters. The highest BCUT2D eigenvalue weighted by Crippen LogP contribution is 2.35. The number of nitriles is 1. The van der Waals surface area contributed by atoms with E-state index in [1.807, 2.05) is 24.3 Å². The highest BCUT2D eigenvalue weighted by Gasteiger charge is 2.31. The molecule has 9 heteroatoms. The van der Waals surface area contributed by atoms with Gasteiger partial charge in [0.2, 0.25) is 0 Å². The van der Waals surface area contributed by atoms with Crippen molar-refractivity contribution in [3.8, 4) is 6.07 Å². The zero-order valence-corrected chi connectivity index (χ0v) is 17.1. The lowest BCUT2D eigenvalue weighted by Crippen LogP contribution is -2.42. The molecule has 2 aromatic heterocycles. The molecule has 0 bridgehead atoms. The first-order chi connectivity index (χ1) is 13.8. The molecule has 1 aromatic carbocycles. The summed E-state index contributed by atoms with van der Waals surface area (Å²) in [6.45, 7) is 0.532. The van der Waals surface area contributed by atoms with Crippen LogP contribution in [0.4, 0.5) is 5.82 Å². The number of fused-ring (bicyclic) bond motifs is 3. The maximum absolute atomic E-state index is 12.3. The predicted molar refractivity (Wildman–Crippen MR) is 111 cm³/mol. The molecule has 0 amide bonds. The van der Waals surface area contributed by atoms with Gasteiger partial charge in [0, 0.05) is 54.9 Å². The maximum atomic E-state index is 12.3. The van der Waals surface area contributed by atoms with Crippen molar-refractivity contribution in [2.45, 2.75) is 25.4 Å². The summed E-state index contributed by atoms with van der Waals surface area (Å²) in [6, 6.07) is 11.3. The van der Waals surface area contributed by atoms with Crippen LogP contribution in [0.5, 0.6) is 0 Å². The number of rotatable bonds is 5. The van der Waals surface area contributed by atoms with E-state index in [1.165, 1.54) is 18.4 Å². The fraction of sp³-hybridized carbons (Fsp3) is 0.300. The number of hydrogen-bond donors (Lipinski definition) is 2. The number of pyridine rings is 1. The van der Waals surface area contributed by atoms with Gasteiger partial charge >= 0.3 is 0 Å². The molecule has 0 saturated carbocycles. The van der Waals surface area contributed by atoms with Crippen LogP contribution in [0.2, 0.25) is 0 Å². The van der Waals surface area contributed by atoms with Gasteiger partial charge in [0.1, 0.15) is 5.82 Å². The fourth-order valence-corrected chi connectivity index (χ4v) is 4.69. The Labute approximate surface area is 169 Å². The second-order valence-electron chi connectivity index (χ2n) is 7.41. The van der Waals surface area contributed by atoms with Crippen molar-refractivity contribution >= 4 is 26.9 Å². The smallest absolute Gasteiger partial charge is 0.279 e. The van der Waals surface area contributed by atoms with Crippen molar-refractivity contribution in [3.63, 3.8) is 0 Å². The summed E-state index contributed by atoms with van der Waals surface area (Å²) in [5.41, 5.74) is 10.7. The molecule has 0 saturated heterocycles. The third-order valence-electron chi connectivity index (χ3n) is 5.36. The summed E-state index contributed by atoms with van der Waals surface area (Å²) in [5.74, 6) is 0.472. The van der Waals surface area contributed by atoms with Crippen LogP contribution in [-0.2, 0) is 29.6 Å². The number of nitrogen functional groups attached to an aromatic ring is 1. The Balaban J connectivity index is 1.78. The Hall–Kier alpha value is -2.93. The van der Waals surface area contributed by atoms with Crippen molar-refractivity contribution in [2.75, 3.05) is 19.8 Å². The van der Waals surface area contributed by atoms with Gasteiger partial charge in [-0.3, -0.25) is 0 Å². The molecule has 4 rings (SSSR count). The Kier molecular flexibility index (Phi) is 4.78. The van der Waals surface area contributed by atoms with Crippen LogP contribution in [0.1, 0.15) is 22.4 Å². The average molecular weight is 411 g/mol. The largest absolute Gasteiger partial charge is 0.383 e. The molecule has 3 N–H and O–H groups in total. The van der Waals surface area contributed by atoms with Gasteiger partial charge in [-0.15, -0.1) is 0 Å². The first kappa shape index (κ1) is 19.4. The number of hydrogen-bond acceptors (Lipinski definition) is 5. The summed E-state index contributed by atoms with van der Waals surface area (Å²) in [6.07, 6.45) is 2.80. The molecule has 1 atom stereocenters. The molecule has 0 fully saturated rings. The van der Waals surface area contributed by atoms with E-state index in [1.54, 1.807) is 12.3 Å². The number of benzene rings is 1. The van der Waals surface area contributed by atoms with E-state index in [2.05, 4.69) is 20.3 Å². The number of nitrogens with two attached hydrogens (primary N) is 1. The first-order valence-electron chi connectivity index (χ1n) is 9.23. The maximum Gasteiger partial charge on any atom is 0.279 e. The zero-order valence-electron chi connectivity index (χ0n) is 16.3. The van der Waals surface area contributed by atoms with Gasteiger partial charge in [-0.05, 0) is 36.2 Å². The van der Waals surface area contributed by atoms with E-state index in [9.17, 15) is 13.7 Å². The monoisotopic (exact) mass is 410 g/mol. The summed E-state index contributed by atoms with van der Waals surface area (Å²) in [7, 11) is -0.521. The molecule has 0 radical (unpaired) electrons. The van der Waals surface area contributed by atoms with Crippen LogP contribution in [0.15, 0.2) is 36.5 Å². The van der Waals surface area contributed by atoms with Crippen LogP contribution in [0.3, 0.4) is 0 Å². The van der Waals surface area contributed by atoms with Crippen molar-refractivity contribution < 1.29 is 8.42 Å². The Morgan fingerprint density at radius 3 is 2.83 bits per heavy atom. The predicted octanol–water partition coefficient (Wildman–Crippen LogP) is 1.40. The van der Waals surface area contributed by atoms with Gasteiger partial charge in [0.15, 0.2) is 0 Å². The lowest BCUT2D eigenvalue weighted by atomic mass is 10.1. The lowest BCUT2D eigenvalue weighted by molar-refractivity contribution is 0.487. The minimum Gasteiger partial charge on any atom is -0.383 e. The number of nitrogens with zero attached hydrogens (tertiary/aromatic N) is 4. The van der Waals surface area contributed by atoms with Gasteiger partial charge in [-0.25, -0.2) is 4.98 Å². The quantitative estimate of drug-likeness (QED) is 0.659. The summed E-state index contributed by atoms with van der Waals surface area (Å²) < 4.78 is 30.7. The summed E-state index contributed by atoms with van der Waals surface area (Å²) in [5, 5.41) is 10.3. The van der Waals surface area contributed by atoms with Crippen molar-refractivity contribution in [3.05, 3.63) is 58.9 Å². The van der Waals surface area contributed by atoms with Gasteiger partial charge in [-0.1, -0.05) is 6.07 Å². The third-order valence-corrected chi connectivity index (χ3v) is 6.95. The van der Waals surface area contributed by atoms with E-state index in [4.69, 9.17) is 5.73 Å². The van der Waals surface area contributed by atoms with Crippen molar-refractivity contribution in [2.24, 2.45) is 0 Å². The SMILES string of the molecule is CN(C)S(=O)(=O)N[C@@H]1Cc2c(n(Cc3cccnc3N)c3ccc(C#N)cc23)C1. The van der Waals surface area contributed by atoms with E-state index < -0.39 is 10.2 Å². The third kappa shape index (κ3) is 3.46. The van der Waals surface area contributed by atoms with E-state index in [0.29, 0.717) is 30.8 Å². The van der Waals surface area contributed by atoms with Crippen molar-refractivity contribution in [1.82, 2.24) is 18.6 Å². The lowest BCUT2D eigenvalue weighted by Gasteiger charge is -2.18. The highest BCUT2D eigenvalue weighted by molar-refractivity contribution is 7.87. The average Bonchev–Trinajstić information content (AvgIpc) is 3.20. The van der Waals surface area contributed by atoms with Crippen LogP contribution in [-0.4, -0.2) is 42.4 Å². The van der Waals surface area contributed by atoms with Crippen LogP contribution >= 0.6 is 0 Å². The minimum absolute atomic E-state index is 0.236. The van der Waals surface area contributed by atoms with Crippen LogP contribution in [0, 0.1) is 11.3 Å². The van der Waals surface area contributed by atoms with Crippen molar-refractivity contribution in [1.29, 1.82) is 5.26 Å². The summed E-state index contributed by atoms with van der Waals surface area (Å²) >= 11 is 0. The van der Waals surface area contributed by atoms with E-state index in [-0.39, 0.29) is 6.04 Å². The van der Waals surface area contributed by atoms with Gasteiger partial charge in [0.05, 0.1) is 18.2 Å². The molecule has 0 aliphatic heterocycles. The normalized spacial score (nSPS) is 16.3. The van der Waals surface area contributed by atoms with Gasteiger partial charge < -0.3 is 10.3 Å². The molecule has 1 aliphatic rings. The van der Waals surface area contributed by atoms with Crippen LogP contribution in [0.25, 0.3) is 10.9 Å².